The average molecular weight is 328 g/mol. The third-order valence-electron chi connectivity index (χ3n) is 8.24. The summed E-state index contributed by atoms with van der Waals surface area (Å²) in [6, 6.07) is 0. The molecule has 0 aromatic carbocycles. The van der Waals surface area contributed by atoms with Crippen LogP contribution in [0.25, 0.3) is 0 Å². The van der Waals surface area contributed by atoms with Crippen molar-refractivity contribution in [3.05, 3.63) is 11.6 Å². The Labute approximate surface area is 144 Å². The van der Waals surface area contributed by atoms with Gasteiger partial charge in [0, 0.05) is 24.2 Å². The van der Waals surface area contributed by atoms with Gasteiger partial charge in [-0.2, -0.15) is 0 Å². The fraction of sp³-hybridized carbons (Fsp3) is 0.762. The Kier molecular flexibility index (Phi) is 3.47. The van der Waals surface area contributed by atoms with Crippen LogP contribution in [0, 0.1) is 40.4 Å². The van der Waals surface area contributed by atoms with Gasteiger partial charge in [-0.15, -0.1) is 0 Å². The second-order valence-electron chi connectivity index (χ2n) is 9.04. The molecule has 0 saturated heterocycles. The van der Waals surface area contributed by atoms with E-state index in [2.05, 4.69) is 19.9 Å². The normalized spacial score (nSPS) is 50.6. The summed E-state index contributed by atoms with van der Waals surface area (Å²) in [5.74, 6) is 2.06. The molecule has 3 heteroatoms. The van der Waals surface area contributed by atoms with Crippen molar-refractivity contribution < 1.29 is 14.4 Å². The summed E-state index contributed by atoms with van der Waals surface area (Å²) in [4.78, 5) is 37.1. The van der Waals surface area contributed by atoms with Crippen molar-refractivity contribution in [2.75, 3.05) is 0 Å². The van der Waals surface area contributed by atoms with Gasteiger partial charge >= 0.3 is 0 Å². The van der Waals surface area contributed by atoms with E-state index in [4.69, 9.17) is 0 Å². The maximum absolute atomic E-state index is 12.5. The number of ketones is 2. The van der Waals surface area contributed by atoms with Gasteiger partial charge in [-0.25, -0.2) is 0 Å². The Morgan fingerprint density at radius 2 is 1.83 bits per heavy atom. The predicted octanol–water partition coefficient (Wildman–Crippen LogP) is 3.76. The smallest absolute Gasteiger partial charge is 0.139 e. The standard InChI is InChI=1S/C21H28O3/c1-12-10-16-13(2)17(23)7-9-21(16,11-22)15-6-8-20(3)14(19(12)15)4-5-18(20)24/h10-15,19H,4-9H2,1-3H3/t12-,13+,14+,15+,19+,20+,21+/m1/s1. The monoisotopic (exact) mass is 328 g/mol. The van der Waals surface area contributed by atoms with E-state index in [1.807, 2.05) is 6.92 Å². The van der Waals surface area contributed by atoms with Crippen LogP contribution in [0.4, 0.5) is 0 Å². The number of aldehydes is 1. The maximum atomic E-state index is 12.5. The Bertz CT molecular complexity index is 647. The van der Waals surface area contributed by atoms with Crippen molar-refractivity contribution in [3.8, 4) is 0 Å². The zero-order chi connectivity index (χ0) is 17.3. The molecule has 24 heavy (non-hydrogen) atoms. The lowest BCUT2D eigenvalue weighted by atomic mass is 9.45. The van der Waals surface area contributed by atoms with Crippen molar-refractivity contribution >= 4 is 17.9 Å². The number of carbonyl (C=O) groups is 3. The zero-order valence-electron chi connectivity index (χ0n) is 15.0. The third-order valence-corrected chi connectivity index (χ3v) is 8.24. The summed E-state index contributed by atoms with van der Waals surface area (Å²) < 4.78 is 0. The molecule has 0 radical (unpaired) electrons. The van der Waals surface area contributed by atoms with Crippen molar-refractivity contribution in [1.82, 2.24) is 0 Å². The fourth-order valence-corrected chi connectivity index (χ4v) is 6.88. The van der Waals surface area contributed by atoms with Gasteiger partial charge in [-0.3, -0.25) is 9.59 Å². The number of Topliss-reactive ketones (excluding diaryl/α,β-unsaturated/α-hetero) is 2. The van der Waals surface area contributed by atoms with E-state index < -0.39 is 5.41 Å². The lowest BCUT2D eigenvalue weighted by Crippen LogP contribution is -2.55. The molecule has 0 spiro atoms. The molecule has 4 aliphatic carbocycles. The molecule has 3 fully saturated rings. The minimum atomic E-state index is -0.447. The Morgan fingerprint density at radius 3 is 2.54 bits per heavy atom. The van der Waals surface area contributed by atoms with Crippen molar-refractivity contribution in [2.24, 2.45) is 40.4 Å². The van der Waals surface area contributed by atoms with Crippen molar-refractivity contribution in [1.29, 1.82) is 0 Å². The van der Waals surface area contributed by atoms with Gasteiger partial charge in [0.05, 0.1) is 5.41 Å². The SMILES string of the molecule is C[C@@H]1C(=O)CC[C@@]2(C=O)C1=C[C@@H](C)[C@@H]1[C@@H]2CC[C@]2(C)C(=O)CC[C@@H]12. The first-order valence-electron chi connectivity index (χ1n) is 9.59. The van der Waals surface area contributed by atoms with Crippen LogP contribution < -0.4 is 0 Å². The van der Waals surface area contributed by atoms with Gasteiger partial charge in [0.1, 0.15) is 17.9 Å². The minimum absolute atomic E-state index is 0.120. The number of rotatable bonds is 1. The molecule has 4 rings (SSSR count). The van der Waals surface area contributed by atoms with Crippen LogP contribution >= 0.6 is 0 Å². The summed E-state index contributed by atoms with van der Waals surface area (Å²) >= 11 is 0. The van der Waals surface area contributed by atoms with E-state index >= 15 is 0 Å². The number of hydrogen-bond acceptors (Lipinski definition) is 3. The third kappa shape index (κ3) is 1.82. The molecular weight excluding hydrogens is 300 g/mol. The number of hydrogen-bond donors (Lipinski definition) is 0. The highest BCUT2D eigenvalue weighted by Crippen LogP contribution is 2.65. The Balaban J connectivity index is 1.82. The number of fused-ring (bicyclic) bond motifs is 5. The topological polar surface area (TPSA) is 51.2 Å². The van der Waals surface area contributed by atoms with E-state index in [0.29, 0.717) is 48.7 Å². The second kappa shape index (κ2) is 5.12. The first-order valence-corrected chi connectivity index (χ1v) is 9.59. The molecule has 7 atom stereocenters. The van der Waals surface area contributed by atoms with Crippen LogP contribution in [0.3, 0.4) is 0 Å². The van der Waals surface area contributed by atoms with E-state index in [1.54, 1.807) is 0 Å². The van der Waals surface area contributed by atoms with Crippen molar-refractivity contribution in [2.45, 2.75) is 59.3 Å². The predicted molar refractivity (Wildman–Crippen MR) is 91.2 cm³/mol. The van der Waals surface area contributed by atoms with Gasteiger partial charge in [-0.1, -0.05) is 32.4 Å². The van der Waals surface area contributed by atoms with E-state index in [0.717, 1.165) is 24.8 Å². The van der Waals surface area contributed by atoms with Crippen LogP contribution in [0.5, 0.6) is 0 Å². The van der Waals surface area contributed by atoms with Crippen LogP contribution in [0.1, 0.15) is 59.3 Å². The zero-order valence-corrected chi connectivity index (χ0v) is 15.0. The molecule has 3 nitrogen and oxygen atoms in total. The Hall–Kier alpha value is -1.25. The lowest BCUT2D eigenvalue weighted by Gasteiger charge is -2.57. The number of allylic oxidation sites excluding steroid dienone is 2. The number of carbonyl (C=O) groups excluding carboxylic acids is 3. The first kappa shape index (κ1) is 16.2. The summed E-state index contributed by atoms with van der Waals surface area (Å²) in [5.41, 5.74) is 0.466. The first-order chi connectivity index (χ1) is 11.3. The largest absolute Gasteiger partial charge is 0.302 e. The lowest BCUT2D eigenvalue weighted by molar-refractivity contribution is -0.138. The van der Waals surface area contributed by atoms with Crippen LogP contribution in [-0.2, 0) is 14.4 Å². The fourth-order valence-electron chi connectivity index (χ4n) is 6.88. The van der Waals surface area contributed by atoms with Crippen molar-refractivity contribution in [3.63, 3.8) is 0 Å². The summed E-state index contributed by atoms with van der Waals surface area (Å²) in [6.07, 6.45) is 8.16. The van der Waals surface area contributed by atoms with Gasteiger partial charge in [0.2, 0.25) is 0 Å². The molecule has 0 aromatic heterocycles. The maximum Gasteiger partial charge on any atom is 0.139 e. The molecule has 0 heterocycles. The molecule has 0 amide bonds. The molecule has 4 aliphatic rings. The second-order valence-corrected chi connectivity index (χ2v) is 9.04. The van der Waals surface area contributed by atoms with Crippen LogP contribution in [0.15, 0.2) is 11.6 Å². The highest BCUT2D eigenvalue weighted by atomic mass is 16.1. The molecule has 0 aromatic rings. The molecule has 0 aliphatic heterocycles. The summed E-state index contributed by atoms with van der Waals surface area (Å²) in [6.45, 7) is 6.38. The van der Waals surface area contributed by atoms with E-state index in [-0.39, 0.29) is 17.1 Å². The Morgan fingerprint density at radius 1 is 1.08 bits per heavy atom. The van der Waals surface area contributed by atoms with E-state index in [1.165, 1.54) is 6.29 Å². The molecular formula is C21H28O3. The van der Waals surface area contributed by atoms with E-state index in [9.17, 15) is 14.4 Å². The molecule has 130 valence electrons. The molecule has 0 bridgehead atoms. The molecule has 3 saturated carbocycles. The summed E-state index contributed by atoms with van der Waals surface area (Å²) in [5, 5.41) is 0. The quantitative estimate of drug-likeness (QED) is 0.544. The summed E-state index contributed by atoms with van der Waals surface area (Å²) in [7, 11) is 0. The average Bonchev–Trinajstić information content (AvgIpc) is 2.87. The van der Waals surface area contributed by atoms with Crippen LogP contribution in [-0.4, -0.2) is 17.9 Å². The highest BCUT2D eigenvalue weighted by Gasteiger charge is 2.62. The highest BCUT2D eigenvalue weighted by molar-refractivity contribution is 5.89. The van der Waals surface area contributed by atoms with Gasteiger partial charge in [0.25, 0.3) is 0 Å². The molecule has 0 N–H and O–H groups in total. The van der Waals surface area contributed by atoms with Gasteiger partial charge in [-0.05, 0) is 49.4 Å². The van der Waals surface area contributed by atoms with Gasteiger partial charge < -0.3 is 4.79 Å². The molecule has 0 unspecified atom stereocenters. The van der Waals surface area contributed by atoms with Crippen LogP contribution in [0.2, 0.25) is 0 Å². The van der Waals surface area contributed by atoms with Gasteiger partial charge in [0.15, 0.2) is 0 Å². The minimum Gasteiger partial charge on any atom is -0.302 e.